The van der Waals surface area contributed by atoms with E-state index in [1.807, 2.05) is 35.3 Å². The van der Waals surface area contributed by atoms with E-state index in [0.29, 0.717) is 0 Å². The third kappa shape index (κ3) is 4.19. The predicted molar refractivity (Wildman–Crippen MR) is 75.8 cm³/mol. The Hall–Kier alpha value is -1.65. The number of benzene rings is 1. The van der Waals surface area contributed by atoms with Crippen molar-refractivity contribution in [2.45, 2.75) is 32.5 Å². The first kappa shape index (κ1) is 13.8. The van der Waals surface area contributed by atoms with Crippen LogP contribution in [0.5, 0.6) is 0 Å². The van der Waals surface area contributed by atoms with E-state index in [4.69, 9.17) is 5.11 Å². The second-order valence-electron chi connectivity index (χ2n) is 4.70. The topological polar surface area (TPSA) is 50.1 Å². The Morgan fingerprint density at radius 3 is 2.74 bits per heavy atom. The number of aliphatic hydroxyl groups is 1. The van der Waals surface area contributed by atoms with Crippen LogP contribution >= 0.6 is 0 Å². The molecule has 0 spiro atoms. The first-order valence-electron chi connectivity index (χ1n) is 6.71. The molecule has 4 heteroatoms. The van der Waals surface area contributed by atoms with Crippen LogP contribution in [-0.4, -0.2) is 27.5 Å². The molecular weight excluding hydrogens is 238 g/mol. The average molecular weight is 259 g/mol. The molecule has 0 unspecified atom stereocenters. The van der Waals surface area contributed by atoms with Gasteiger partial charge in [0.2, 0.25) is 0 Å². The first-order valence-corrected chi connectivity index (χ1v) is 6.71. The smallest absolute Gasteiger partial charge is 0.0659 e. The number of aromatic nitrogens is 2. The molecule has 19 heavy (non-hydrogen) atoms. The van der Waals surface area contributed by atoms with Crippen molar-refractivity contribution >= 4 is 0 Å². The van der Waals surface area contributed by atoms with Crippen LogP contribution in [0.3, 0.4) is 0 Å². The number of nitrogens with zero attached hydrogens (tertiary/aromatic N) is 2. The highest BCUT2D eigenvalue weighted by molar-refractivity contribution is 5.15. The minimum absolute atomic E-state index is 0.164. The summed E-state index contributed by atoms with van der Waals surface area (Å²) in [6.07, 6.45) is 4.85. The van der Waals surface area contributed by atoms with Crippen LogP contribution in [0.25, 0.3) is 0 Å². The van der Waals surface area contributed by atoms with Crippen molar-refractivity contribution in [1.29, 1.82) is 0 Å². The van der Waals surface area contributed by atoms with E-state index in [1.54, 1.807) is 0 Å². The van der Waals surface area contributed by atoms with E-state index in [2.05, 4.69) is 29.5 Å². The zero-order valence-electron chi connectivity index (χ0n) is 11.3. The van der Waals surface area contributed by atoms with E-state index < -0.39 is 0 Å². The quantitative estimate of drug-likeness (QED) is 0.797. The Morgan fingerprint density at radius 2 is 2.05 bits per heavy atom. The van der Waals surface area contributed by atoms with Crippen molar-refractivity contribution in [2.24, 2.45) is 0 Å². The summed E-state index contributed by atoms with van der Waals surface area (Å²) < 4.78 is 1.94. The van der Waals surface area contributed by atoms with Crippen molar-refractivity contribution in [1.82, 2.24) is 15.1 Å². The van der Waals surface area contributed by atoms with Gasteiger partial charge in [-0.3, -0.25) is 4.68 Å². The van der Waals surface area contributed by atoms with Crippen LogP contribution in [0.15, 0.2) is 42.7 Å². The molecule has 102 valence electrons. The average Bonchev–Trinajstić information content (AvgIpc) is 2.89. The molecule has 0 radical (unpaired) electrons. The number of rotatable bonds is 7. The summed E-state index contributed by atoms with van der Waals surface area (Å²) in [5.41, 5.74) is 2.38. The van der Waals surface area contributed by atoms with E-state index in [0.717, 1.165) is 25.1 Å². The van der Waals surface area contributed by atoms with Gasteiger partial charge in [-0.25, -0.2) is 0 Å². The highest BCUT2D eigenvalue weighted by atomic mass is 16.3. The van der Waals surface area contributed by atoms with E-state index >= 15 is 0 Å². The lowest BCUT2D eigenvalue weighted by atomic mass is 10.2. The normalized spacial score (nSPS) is 12.5. The van der Waals surface area contributed by atoms with Crippen molar-refractivity contribution in [3.8, 4) is 0 Å². The van der Waals surface area contributed by atoms with Gasteiger partial charge in [0.1, 0.15) is 0 Å². The lowest BCUT2D eigenvalue weighted by molar-refractivity contribution is 0.238. The van der Waals surface area contributed by atoms with Gasteiger partial charge in [0.15, 0.2) is 0 Å². The number of hydrogen-bond donors (Lipinski definition) is 2. The molecule has 0 amide bonds. The molecule has 0 saturated heterocycles. The van der Waals surface area contributed by atoms with Crippen LogP contribution in [0.2, 0.25) is 0 Å². The minimum atomic E-state index is 0.164. The maximum atomic E-state index is 9.12. The maximum Gasteiger partial charge on any atom is 0.0659 e. The molecule has 0 fully saturated rings. The van der Waals surface area contributed by atoms with Crippen LogP contribution in [0.4, 0.5) is 0 Å². The van der Waals surface area contributed by atoms with Gasteiger partial charge in [0.05, 0.1) is 19.3 Å². The summed E-state index contributed by atoms with van der Waals surface area (Å²) in [5.74, 6) is 0. The summed E-state index contributed by atoms with van der Waals surface area (Å²) in [5, 5.41) is 16.8. The highest BCUT2D eigenvalue weighted by Crippen LogP contribution is 2.04. The molecule has 1 heterocycles. The van der Waals surface area contributed by atoms with Gasteiger partial charge in [-0.1, -0.05) is 37.3 Å². The second-order valence-corrected chi connectivity index (χ2v) is 4.70. The standard InChI is InChI=1S/C15H21N3O/c1-2-15(12-19)16-8-14-9-17-18(11-14)10-13-6-4-3-5-7-13/h3-7,9,11,15-16,19H,2,8,10,12H2,1H3/t15-/m0/s1. The third-order valence-corrected chi connectivity index (χ3v) is 3.18. The van der Waals surface area contributed by atoms with Crippen molar-refractivity contribution in [3.63, 3.8) is 0 Å². The molecule has 1 aromatic carbocycles. The lowest BCUT2D eigenvalue weighted by Gasteiger charge is -2.12. The molecule has 0 aliphatic rings. The van der Waals surface area contributed by atoms with Gasteiger partial charge in [-0.05, 0) is 12.0 Å². The van der Waals surface area contributed by atoms with Gasteiger partial charge < -0.3 is 10.4 Å². The van der Waals surface area contributed by atoms with E-state index in [1.165, 1.54) is 5.56 Å². The molecule has 2 aromatic rings. The first-order chi connectivity index (χ1) is 9.31. The van der Waals surface area contributed by atoms with E-state index in [-0.39, 0.29) is 12.6 Å². The van der Waals surface area contributed by atoms with Gasteiger partial charge in [0, 0.05) is 24.3 Å². The maximum absolute atomic E-state index is 9.12. The zero-order chi connectivity index (χ0) is 13.5. The van der Waals surface area contributed by atoms with Crippen LogP contribution in [-0.2, 0) is 13.1 Å². The molecule has 4 nitrogen and oxygen atoms in total. The number of aliphatic hydroxyl groups excluding tert-OH is 1. The summed E-state index contributed by atoms with van der Waals surface area (Å²) >= 11 is 0. The zero-order valence-corrected chi connectivity index (χ0v) is 11.3. The number of nitrogens with one attached hydrogen (secondary N) is 1. The van der Waals surface area contributed by atoms with Crippen molar-refractivity contribution < 1.29 is 5.11 Å². The summed E-state index contributed by atoms with van der Waals surface area (Å²) in [7, 11) is 0. The largest absolute Gasteiger partial charge is 0.395 e. The Balaban J connectivity index is 1.88. The Bertz CT molecular complexity index is 477. The van der Waals surface area contributed by atoms with Gasteiger partial charge in [-0.2, -0.15) is 5.10 Å². The Morgan fingerprint density at radius 1 is 1.26 bits per heavy atom. The predicted octanol–water partition coefficient (Wildman–Crippen LogP) is 1.79. The van der Waals surface area contributed by atoms with Crippen LogP contribution in [0.1, 0.15) is 24.5 Å². The van der Waals surface area contributed by atoms with Gasteiger partial charge in [-0.15, -0.1) is 0 Å². The molecule has 1 aromatic heterocycles. The molecule has 1 atom stereocenters. The van der Waals surface area contributed by atoms with Crippen LogP contribution < -0.4 is 5.32 Å². The number of hydrogen-bond acceptors (Lipinski definition) is 3. The Labute approximate surface area is 114 Å². The van der Waals surface area contributed by atoms with Gasteiger partial charge in [0.25, 0.3) is 0 Å². The fraction of sp³-hybridized carbons (Fsp3) is 0.400. The molecule has 0 saturated carbocycles. The SMILES string of the molecule is CC[C@@H](CO)NCc1cnn(Cc2ccccc2)c1. The molecule has 2 N–H and O–H groups in total. The van der Waals surface area contributed by atoms with Crippen molar-refractivity contribution in [3.05, 3.63) is 53.9 Å². The molecule has 0 aliphatic carbocycles. The Kier molecular flexibility index (Phi) is 5.12. The van der Waals surface area contributed by atoms with Gasteiger partial charge >= 0.3 is 0 Å². The fourth-order valence-electron chi connectivity index (χ4n) is 1.95. The summed E-state index contributed by atoms with van der Waals surface area (Å²) in [6, 6.07) is 10.4. The molecular formula is C15H21N3O. The summed E-state index contributed by atoms with van der Waals surface area (Å²) in [4.78, 5) is 0. The van der Waals surface area contributed by atoms with Crippen LogP contribution in [0, 0.1) is 0 Å². The monoisotopic (exact) mass is 259 g/mol. The third-order valence-electron chi connectivity index (χ3n) is 3.18. The highest BCUT2D eigenvalue weighted by Gasteiger charge is 2.05. The molecule has 2 rings (SSSR count). The minimum Gasteiger partial charge on any atom is -0.395 e. The lowest BCUT2D eigenvalue weighted by Crippen LogP contribution is -2.31. The molecule has 0 bridgehead atoms. The second kappa shape index (κ2) is 7.07. The summed E-state index contributed by atoms with van der Waals surface area (Å²) in [6.45, 7) is 3.77. The molecule has 0 aliphatic heterocycles. The fourth-order valence-corrected chi connectivity index (χ4v) is 1.95. The van der Waals surface area contributed by atoms with Crippen molar-refractivity contribution in [2.75, 3.05) is 6.61 Å². The van der Waals surface area contributed by atoms with E-state index in [9.17, 15) is 0 Å².